The number of hydrogen-bond donors (Lipinski definition) is 0. The van der Waals surface area contributed by atoms with Crippen LogP contribution in [0.4, 0.5) is 0 Å². The van der Waals surface area contributed by atoms with Crippen molar-refractivity contribution in [3.05, 3.63) is 60.2 Å². The molecular formula is C18H21NO. The zero-order chi connectivity index (χ0) is 13.8. The Morgan fingerprint density at radius 3 is 2.40 bits per heavy atom. The molecule has 0 amide bonds. The predicted octanol–water partition coefficient (Wildman–Crippen LogP) is 3.57. The molecule has 2 heteroatoms. The summed E-state index contributed by atoms with van der Waals surface area (Å²) in [5.74, 6) is 0. The standard InChI is InChI=1S/C18H21NO/c1-15-14-20-12-11-19(15)13-16-7-9-18(10-8-16)17-5-3-2-4-6-17/h2-10,15H,11-14H2,1H3/t15-/m1/s1. The van der Waals surface area contributed by atoms with E-state index in [9.17, 15) is 0 Å². The summed E-state index contributed by atoms with van der Waals surface area (Å²) in [6.45, 7) is 5.98. The van der Waals surface area contributed by atoms with Crippen LogP contribution in [0.25, 0.3) is 11.1 Å². The van der Waals surface area contributed by atoms with Crippen LogP contribution in [0.1, 0.15) is 12.5 Å². The highest BCUT2D eigenvalue weighted by Gasteiger charge is 2.18. The van der Waals surface area contributed by atoms with Gasteiger partial charge in [0.05, 0.1) is 13.2 Å². The number of rotatable bonds is 3. The lowest BCUT2D eigenvalue weighted by atomic mass is 10.0. The maximum absolute atomic E-state index is 5.48. The van der Waals surface area contributed by atoms with Crippen molar-refractivity contribution in [2.75, 3.05) is 19.8 Å². The molecule has 3 rings (SSSR count). The minimum Gasteiger partial charge on any atom is -0.379 e. The number of ether oxygens (including phenoxy) is 1. The van der Waals surface area contributed by atoms with Gasteiger partial charge in [0.25, 0.3) is 0 Å². The van der Waals surface area contributed by atoms with E-state index in [0.29, 0.717) is 6.04 Å². The molecule has 2 aromatic rings. The molecule has 104 valence electrons. The van der Waals surface area contributed by atoms with Crippen LogP contribution >= 0.6 is 0 Å². The Balaban J connectivity index is 1.70. The lowest BCUT2D eigenvalue weighted by molar-refractivity contribution is -0.00436. The van der Waals surface area contributed by atoms with Crippen LogP contribution in [0, 0.1) is 0 Å². The van der Waals surface area contributed by atoms with E-state index in [1.807, 2.05) is 0 Å². The second-order valence-electron chi connectivity index (χ2n) is 5.46. The average molecular weight is 267 g/mol. The first-order chi connectivity index (χ1) is 9.83. The number of benzene rings is 2. The molecule has 1 fully saturated rings. The molecule has 1 saturated heterocycles. The summed E-state index contributed by atoms with van der Waals surface area (Å²) in [6.07, 6.45) is 0. The van der Waals surface area contributed by atoms with E-state index in [2.05, 4.69) is 66.4 Å². The quantitative estimate of drug-likeness (QED) is 0.843. The van der Waals surface area contributed by atoms with Crippen LogP contribution in [0.2, 0.25) is 0 Å². The second kappa shape index (κ2) is 6.21. The van der Waals surface area contributed by atoms with E-state index in [1.165, 1.54) is 16.7 Å². The largest absolute Gasteiger partial charge is 0.379 e. The lowest BCUT2D eigenvalue weighted by Gasteiger charge is -2.33. The molecule has 1 heterocycles. The third kappa shape index (κ3) is 3.09. The molecule has 1 aliphatic rings. The van der Waals surface area contributed by atoms with E-state index in [0.717, 1.165) is 26.3 Å². The van der Waals surface area contributed by atoms with Gasteiger partial charge in [0.2, 0.25) is 0 Å². The van der Waals surface area contributed by atoms with Crippen molar-refractivity contribution >= 4 is 0 Å². The van der Waals surface area contributed by atoms with Crippen molar-refractivity contribution < 1.29 is 4.74 Å². The molecule has 0 aliphatic carbocycles. The van der Waals surface area contributed by atoms with Gasteiger partial charge in [-0.1, -0.05) is 54.6 Å². The van der Waals surface area contributed by atoms with Gasteiger partial charge in [-0.3, -0.25) is 4.90 Å². The van der Waals surface area contributed by atoms with Crippen LogP contribution in [0.3, 0.4) is 0 Å². The van der Waals surface area contributed by atoms with Crippen molar-refractivity contribution in [1.82, 2.24) is 4.90 Å². The molecule has 20 heavy (non-hydrogen) atoms. The molecule has 1 aliphatic heterocycles. The first kappa shape index (κ1) is 13.3. The summed E-state index contributed by atoms with van der Waals surface area (Å²) in [5.41, 5.74) is 3.93. The summed E-state index contributed by atoms with van der Waals surface area (Å²) in [7, 11) is 0. The van der Waals surface area contributed by atoms with E-state index in [4.69, 9.17) is 4.74 Å². The van der Waals surface area contributed by atoms with E-state index in [1.54, 1.807) is 0 Å². The van der Waals surface area contributed by atoms with Crippen molar-refractivity contribution in [3.63, 3.8) is 0 Å². The Labute approximate surface area is 121 Å². The first-order valence-electron chi connectivity index (χ1n) is 7.29. The zero-order valence-electron chi connectivity index (χ0n) is 12.0. The topological polar surface area (TPSA) is 12.5 Å². The molecule has 2 nitrogen and oxygen atoms in total. The number of hydrogen-bond acceptors (Lipinski definition) is 2. The second-order valence-corrected chi connectivity index (χ2v) is 5.46. The first-order valence-corrected chi connectivity index (χ1v) is 7.29. The van der Waals surface area contributed by atoms with Crippen LogP contribution in [-0.2, 0) is 11.3 Å². The van der Waals surface area contributed by atoms with Crippen molar-refractivity contribution in [2.45, 2.75) is 19.5 Å². The van der Waals surface area contributed by atoms with Crippen molar-refractivity contribution in [3.8, 4) is 11.1 Å². The third-order valence-corrected chi connectivity index (χ3v) is 3.95. The van der Waals surface area contributed by atoms with Gasteiger partial charge in [-0.2, -0.15) is 0 Å². The summed E-state index contributed by atoms with van der Waals surface area (Å²) in [6, 6.07) is 19.9. The number of morpholine rings is 1. The highest BCUT2D eigenvalue weighted by molar-refractivity contribution is 5.63. The van der Waals surface area contributed by atoms with Crippen LogP contribution in [-0.4, -0.2) is 30.7 Å². The van der Waals surface area contributed by atoms with Crippen molar-refractivity contribution in [1.29, 1.82) is 0 Å². The third-order valence-electron chi connectivity index (χ3n) is 3.95. The molecule has 1 atom stereocenters. The molecule has 0 radical (unpaired) electrons. The van der Waals surface area contributed by atoms with E-state index < -0.39 is 0 Å². The lowest BCUT2D eigenvalue weighted by Crippen LogP contribution is -2.42. The monoisotopic (exact) mass is 267 g/mol. The van der Waals surface area contributed by atoms with Gasteiger partial charge >= 0.3 is 0 Å². The minimum absolute atomic E-state index is 0.512. The zero-order valence-corrected chi connectivity index (χ0v) is 12.0. The van der Waals surface area contributed by atoms with Gasteiger partial charge in [-0.15, -0.1) is 0 Å². The normalized spacial score (nSPS) is 19.9. The van der Waals surface area contributed by atoms with E-state index in [-0.39, 0.29) is 0 Å². The minimum atomic E-state index is 0.512. The Kier molecular flexibility index (Phi) is 4.14. The maximum atomic E-state index is 5.48. The van der Waals surface area contributed by atoms with Gasteiger partial charge < -0.3 is 4.74 Å². The van der Waals surface area contributed by atoms with Gasteiger partial charge in [-0.25, -0.2) is 0 Å². The highest BCUT2D eigenvalue weighted by atomic mass is 16.5. The smallest absolute Gasteiger partial charge is 0.0619 e. The number of nitrogens with zero attached hydrogens (tertiary/aromatic N) is 1. The van der Waals surface area contributed by atoms with Gasteiger partial charge in [0, 0.05) is 19.1 Å². The Morgan fingerprint density at radius 1 is 1.00 bits per heavy atom. The summed E-state index contributed by atoms with van der Waals surface area (Å²) >= 11 is 0. The van der Waals surface area contributed by atoms with Gasteiger partial charge in [0.1, 0.15) is 0 Å². The average Bonchev–Trinajstić information content (AvgIpc) is 2.51. The summed E-state index contributed by atoms with van der Waals surface area (Å²) < 4.78 is 5.48. The van der Waals surface area contributed by atoms with Crippen LogP contribution < -0.4 is 0 Å². The maximum Gasteiger partial charge on any atom is 0.0619 e. The SMILES string of the molecule is C[C@@H]1COCCN1Cc1ccc(-c2ccccc2)cc1. The summed E-state index contributed by atoms with van der Waals surface area (Å²) in [4.78, 5) is 2.49. The molecular weight excluding hydrogens is 246 g/mol. The molecule has 0 N–H and O–H groups in total. The van der Waals surface area contributed by atoms with Gasteiger partial charge in [-0.05, 0) is 23.6 Å². The molecule has 0 spiro atoms. The molecule has 2 aromatic carbocycles. The fourth-order valence-electron chi connectivity index (χ4n) is 2.66. The van der Waals surface area contributed by atoms with Crippen molar-refractivity contribution in [2.24, 2.45) is 0 Å². The van der Waals surface area contributed by atoms with E-state index >= 15 is 0 Å². The van der Waals surface area contributed by atoms with Crippen LogP contribution in [0.5, 0.6) is 0 Å². The molecule has 0 unspecified atom stereocenters. The fourth-order valence-corrected chi connectivity index (χ4v) is 2.66. The fraction of sp³-hybridized carbons (Fsp3) is 0.333. The Bertz CT molecular complexity index is 535. The molecule has 0 bridgehead atoms. The Hall–Kier alpha value is -1.64. The Morgan fingerprint density at radius 2 is 1.70 bits per heavy atom. The molecule has 0 aromatic heterocycles. The molecule has 0 saturated carbocycles. The van der Waals surface area contributed by atoms with Gasteiger partial charge in [0.15, 0.2) is 0 Å². The summed E-state index contributed by atoms with van der Waals surface area (Å²) in [5, 5.41) is 0. The van der Waals surface area contributed by atoms with Crippen LogP contribution in [0.15, 0.2) is 54.6 Å². The predicted molar refractivity (Wildman–Crippen MR) is 82.6 cm³/mol. The highest BCUT2D eigenvalue weighted by Crippen LogP contribution is 2.20.